The number of nitrogen functional groups attached to an aromatic ring is 1. The van der Waals surface area contributed by atoms with E-state index in [2.05, 4.69) is 15.4 Å². The summed E-state index contributed by atoms with van der Waals surface area (Å²) in [6.45, 7) is 0. The van der Waals surface area contributed by atoms with Crippen LogP contribution >= 0.6 is 11.3 Å². The predicted octanol–water partition coefficient (Wildman–Crippen LogP) is 2.43. The third kappa shape index (κ3) is 2.77. The summed E-state index contributed by atoms with van der Waals surface area (Å²) in [6, 6.07) is 9.02. The molecule has 0 unspecified atom stereocenters. The largest absolute Gasteiger partial charge is 0.382 e. The number of carbonyl (C=O) groups excluding carboxylic acids is 1. The highest BCUT2D eigenvalue weighted by molar-refractivity contribution is 7.18. The van der Waals surface area contributed by atoms with Gasteiger partial charge < -0.3 is 11.1 Å². The van der Waals surface area contributed by atoms with Crippen molar-refractivity contribution >= 4 is 33.8 Å². The number of thiazole rings is 1. The van der Waals surface area contributed by atoms with Gasteiger partial charge in [-0.05, 0) is 0 Å². The maximum Gasteiger partial charge on any atom is 0.206 e. The summed E-state index contributed by atoms with van der Waals surface area (Å²) in [5.74, 6) is 0.116. The lowest BCUT2D eigenvalue weighted by molar-refractivity contribution is 0.104. The van der Waals surface area contributed by atoms with E-state index in [1.54, 1.807) is 23.0 Å². The molecular formula is C14H13N5OS. The molecular weight excluding hydrogens is 286 g/mol. The summed E-state index contributed by atoms with van der Waals surface area (Å²) in [5.41, 5.74) is 7.25. The van der Waals surface area contributed by atoms with E-state index in [0.717, 1.165) is 5.69 Å². The van der Waals surface area contributed by atoms with Crippen molar-refractivity contribution in [2.75, 3.05) is 11.1 Å². The highest BCUT2D eigenvalue weighted by Crippen LogP contribution is 2.29. The maximum absolute atomic E-state index is 12.4. The van der Waals surface area contributed by atoms with Crippen LogP contribution in [0.5, 0.6) is 0 Å². The van der Waals surface area contributed by atoms with Crippen molar-refractivity contribution in [1.29, 1.82) is 0 Å². The molecule has 3 aromatic rings. The molecule has 0 atom stereocenters. The van der Waals surface area contributed by atoms with Crippen molar-refractivity contribution < 1.29 is 4.79 Å². The quantitative estimate of drug-likeness (QED) is 0.723. The number of nitrogens with two attached hydrogens (primary N) is 1. The Bertz CT molecular complexity index is 778. The number of hydrogen-bond acceptors (Lipinski definition) is 6. The Balaban J connectivity index is 1.86. The number of aromatic nitrogens is 3. The number of anilines is 3. The lowest BCUT2D eigenvalue weighted by Crippen LogP contribution is -2.02. The van der Waals surface area contributed by atoms with Gasteiger partial charge in [0.25, 0.3) is 0 Å². The topological polar surface area (TPSA) is 85.8 Å². The summed E-state index contributed by atoms with van der Waals surface area (Å²) in [4.78, 5) is 17.0. The zero-order chi connectivity index (χ0) is 14.8. The van der Waals surface area contributed by atoms with Gasteiger partial charge in [-0.1, -0.05) is 41.7 Å². The molecule has 6 nitrogen and oxygen atoms in total. The van der Waals surface area contributed by atoms with E-state index >= 15 is 0 Å². The van der Waals surface area contributed by atoms with Gasteiger partial charge in [0.15, 0.2) is 5.13 Å². The van der Waals surface area contributed by atoms with Gasteiger partial charge in [0.1, 0.15) is 10.7 Å². The van der Waals surface area contributed by atoms with Gasteiger partial charge in [-0.2, -0.15) is 5.10 Å². The van der Waals surface area contributed by atoms with Crippen LogP contribution in [0.4, 0.5) is 16.6 Å². The van der Waals surface area contributed by atoms with Gasteiger partial charge in [-0.25, -0.2) is 4.98 Å². The summed E-state index contributed by atoms with van der Waals surface area (Å²) in [5, 5.41) is 7.71. The van der Waals surface area contributed by atoms with Crippen molar-refractivity contribution in [3.8, 4) is 0 Å². The minimum atomic E-state index is -0.121. The second-order valence-corrected chi connectivity index (χ2v) is 5.46. The number of ketones is 1. The van der Waals surface area contributed by atoms with E-state index < -0.39 is 0 Å². The minimum absolute atomic E-state index is 0.121. The highest BCUT2D eigenvalue weighted by Gasteiger charge is 2.17. The van der Waals surface area contributed by atoms with Gasteiger partial charge in [0, 0.05) is 18.8 Å². The predicted molar refractivity (Wildman–Crippen MR) is 82.9 cm³/mol. The van der Waals surface area contributed by atoms with Crippen molar-refractivity contribution in [2.45, 2.75) is 0 Å². The van der Waals surface area contributed by atoms with Crippen LogP contribution in [0.2, 0.25) is 0 Å². The van der Waals surface area contributed by atoms with Gasteiger partial charge in [-0.15, -0.1) is 0 Å². The standard InChI is InChI=1S/C14H13N5OS/c1-19-8-10(7-16-19)17-14-18-13(15)12(21-14)11(20)9-5-3-2-4-6-9/h2-8H,15H2,1H3,(H,17,18). The van der Waals surface area contributed by atoms with Gasteiger partial charge in [-0.3, -0.25) is 9.48 Å². The van der Waals surface area contributed by atoms with Crippen LogP contribution in [0.3, 0.4) is 0 Å². The van der Waals surface area contributed by atoms with Crippen molar-refractivity contribution in [1.82, 2.24) is 14.8 Å². The Morgan fingerprint density at radius 2 is 2.10 bits per heavy atom. The van der Waals surface area contributed by atoms with E-state index in [1.807, 2.05) is 31.4 Å². The van der Waals surface area contributed by atoms with E-state index in [4.69, 9.17) is 5.73 Å². The molecule has 2 aromatic heterocycles. The van der Waals surface area contributed by atoms with Gasteiger partial charge in [0.05, 0.1) is 11.9 Å². The average Bonchev–Trinajstić information content (AvgIpc) is 3.05. The van der Waals surface area contributed by atoms with Crippen molar-refractivity contribution in [3.63, 3.8) is 0 Å². The third-order valence-corrected chi connectivity index (χ3v) is 3.84. The van der Waals surface area contributed by atoms with E-state index in [0.29, 0.717) is 15.6 Å². The Morgan fingerprint density at radius 1 is 1.33 bits per heavy atom. The molecule has 21 heavy (non-hydrogen) atoms. The fraction of sp³-hybridized carbons (Fsp3) is 0.0714. The molecule has 0 saturated carbocycles. The van der Waals surface area contributed by atoms with Crippen molar-refractivity contribution in [2.24, 2.45) is 7.05 Å². The Kier molecular flexibility index (Phi) is 3.41. The molecule has 3 rings (SSSR count). The fourth-order valence-electron chi connectivity index (χ4n) is 1.88. The molecule has 1 aromatic carbocycles. The number of hydrogen-bond donors (Lipinski definition) is 2. The average molecular weight is 299 g/mol. The fourth-order valence-corrected chi connectivity index (χ4v) is 2.74. The highest BCUT2D eigenvalue weighted by atomic mass is 32.1. The molecule has 0 fully saturated rings. The minimum Gasteiger partial charge on any atom is -0.382 e. The van der Waals surface area contributed by atoms with Crippen LogP contribution in [0.25, 0.3) is 0 Å². The molecule has 7 heteroatoms. The number of carbonyl (C=O) groups is 1. The van der Waals surface area contributed by atoms with E-state index in [9.17, 15) is 4.79 Å². The lowest BCUT2D eigenvalue weighted by Gasteiger charge is -1.97. The zero-order valence-corrected chi connectivity index (χ0v) is 12.1. The van der Waals surface area contributed by atoms with Crippen LogP contribution in [-0.2, 0) is 7.05 Å². The molecule has 0 amide bonds. The second kappa shape index (κ2) is 5.37. The second-order valence-electron chi connectivity index (χ2n) is 4.46. The number of rotatable bonds is 4. The molecule has 0 radical (unpaired) electrons. The molecule has 0 aliphatic heterocycles. The Hall–Kier alpha value is -2.67. The zero-order valence-electron chi connectivity index (χ0n) is 11.3. The van der Waals surface area contributed by atoms with Crippen LogP contribution in [-0.4, -0.2) is 20.5 Å². The van der Waals surface area contributed by atoms with Gasteiger partial charge >= 0.3 is 0 Å². The molecule has 2 heterocycles. The first-order chi connectivity index (χ1) is 10.1. The summed E-state index contributed by atoms with van der Waals surface area (Å²) in [7, 11) is 1.83. The van der Waals surface area contributed by atoms with Crippen LogP contribution in [0, 0.1) is 0 Å². The number of nitrogens with one attached hydrogen (secondary N) is 1. The van der Waals surface area contributed by atoms with E-state index in [1.165, 1.54) is 11.3 Å². The van der Waals surface area contributed by atoms with Crippen LogP contribution in [0.1, 0.15) is 15.2 Å². The molecule has 0 bridgehead atoms. The monoisotopic (exact) mass is 299 g/mol. The van der Waals surface area contributed by atoms with Crippen molar-refractivity contribution in [3.05, 3.63) is 53.2 Å². The third-order valence-electron chi connectivity index (χ3n) is 2.85. The summed E-state index contributed by atoms with van der Waals surface area (Å²) < 4.78 is 1.68. The molecule has 3 N–H and O–H groups in total. The molecule has 0 spiro atoms. The summed E-state index contributed by atoms with van der Waals surface area (Å²) in [6.07, 6.45) is 3.49. The van der Waals surface area contributed by atoms with Gasteiger partial charge in [0.2, 0.25) is 5.78 Å². The Morgan fingerprint density at radius 3 is 2.76 bits per heavy atom. The first kappa shape index (κ1) is 13.3. The number of nitrogens with zero attached hydrogens (tertiary/aromatic N) is 3. The molecule has 0 aliphatic rings. The first-order valence-corrected chi connectivity index (χ1v) is 7.07. The summed E-state index contributed by atoms with van der Waals surface area (Å²) >= 11 is 1.23. The van der Waals surface area contributed by atoms with Crippen LogP contribution < -0.4 is 11.1 Å². The van der Waals surface area contributed by atoms with E-state index in [-0.39, 0.29) is 11.6 Å². The maximum atomic E-state index is 12.4. The SMILES string of the molecule is Cn1cc(Nc2nc(N)c(C(=O)c3ccccc3)s2)cn1. The normalized spacial score (nSPS) is 10.5. The van der Waals surface area contributed by atoms with Crippen LogP contribution in [0.15, 0.2) is 42.7 Å². The Labute approximate surface area is 125 Å². The first-order valence-electron chi connectivity index (χ1n) is 6.25. The molecule has 0 saturated heterocycles. The molecule has 106 valence electrons. The lowest BCUT2D eigenvalue weighted by atomic mass is 10.1. The number of aryl methyl sites for hydroxylation is 1. The number of benzene rings is 1. The molecule has 0 aliphatic carbocycles. The smallest absolute Gasteiger partial charge is 0.206 e.